The smallest absolute Gasteiger partial charge is 0.234 e. The molecule has 1 saturated heterocycles. The van der Waals surface area contributed by atoms with Crippen molar-refractivity contribution in [1.29, 1.82) is 0 Å². The molecule has 15 heavy (non-hydrogen) atoms. The van der Waals surface area contributed by atoms with E-state index in [0.717, 1.165) is 13.0 Å². The number of aliphatic hydroxyl groups excluding tert-OH is 2. The summed E-state index contributed by atoms with van der Waals surface area (Å²) in [6.45, 7) is 3.63. The normalized spacial score (nSPS) is 26.9. The van der Waals surface area contributed by atoms with E-state index in [9.17, 15) is 9.90 Å². The Morgan fingerprint density at radius 3 is 2.87 bits per heavy atom. The van der Waals surface area contributed by atoms with Gasteiger partial charge in [0.15, 0.2) is 0 Å². The SMILES string of the molecule is CC1CCN(CC(=O)NCCO)C1CO. The zero-order chi connectivity index (χ0) is 11.3. The van der Waals surface area contributed by atoms with E-state index in [-0.39, 0.29) is 25.2 Å². The third kappa shape index (κ3) is 3.44. The minimum Gasteiger partial charge on any atom is -0.395 e. The molecule has 0 aliphatic carbocycles. The van der Waals surface area contributed by atoms with Gasteiger partial charge < -0.3 is 15.5 Å². The van der Waals surface area contributed by atoms with Crippen LogP contribution in [0.25, 0.3) is 0 Å². The molecule has 5 heteroatoms. The molecule has 0 aromatic heterocycles. The second kappa shape index (κ2) is 6.05. The molecule has 5 nitrogen and oxygen atoms in total. The molecular weight excluding hydrogens is 196 g/mol. The van der Waals surface area contributed by atoms with Crippen molar-refractivity contribution >= 4 is 5.91 Å². The maximum absolute atomic E-state index is 11.4. The first-order valence-electron chi connectivity index (χ1n) is 5.41. The highest BCUT2D eigenvalue weighted by Crippen LogP contribution is 2.22. The summed E-state index contributed by atoms with van der Waals surface area (Å²) in [4.78, 5) is 13.4. The average Bonchev–Trinajstić information content (AvgIpc) is 2.56. The molecule has 0 radical (unpaired) electrons. The highest BCUT2D eigenvalue weighted by atomic mass is 16.3. The lowest BCUT2D eigenvalue weighted by atomic mass is 10.0. The van der Waals surface area contributed by atoms with Crippen molar-refractivity contribution < 1.29 is 15.0 Å². The average molecular weight is 216 g/mol. The zero-order valence-corrected chi connectivity index (χ0v) is 9.15. The number of hydrogen-bond acceptors (Lipinski definition) is 4. The van der Waals surface area contributed by atoms with Crippen LogP contribution in [0, 0.1) is 5.92 Å². The van der Waals surface area contributed by atoms with Gasteiger partial charge in [0.05, 0.1) is 19.8 Å². The van der Waals surface area contributed by atoms with E-state index in [1.54, 1.807) is 0 Å². The molecule has 3 N–H and O–H groups in total. The van der Waals surface area contributed by atoms with Gasteiger partial charge >= 0.3 is 0 Å². The monoisotopic (exact) mass is 216 g/mol. The number of carbonyl (C=O) groups excluding carboxylic acids is 1. The summed E-state index contributed by atoms with van der Waals surface area (Å²) in [5, 5.41) is 20.3. The topological polar surface area (TPSA) is 72.8 Å². The Morgan fingerprint density at radius 1 is 1.53 bits per heavy atom. The molecule has 1 amide bonds. The zero-order valence-electron chi connectivity index (χ0n) is 9.15. The first-order chi connectivity index (χ1) is 7.19. The second-order valence-corrected chi connectivity index (χ2v) is 4.06. The summed E-state index contributed by atoms with van der Waals surface area (Å²) in [7, 11) is 0. The van der Waals surface area contributed by atoms with Crippen LogP contribution in [-0.2, 0) is 4.79 Å². The molecule has 1 rings (SSSR count). The molecule has 1 aliphatic heterocycles. The molecule has 0 saturated carbocycles. The Bertz CT molecular complexity index is 211. The van der Waals surface area contributed by atoms with E-state index in [1.165, 1.54) is 0 Å². The van der Waals surface area contributed by atoms with E-state index in [4.69, 9.17) is 5.11 Å². The van der Waals surface area contributed by atoms with Gasteiger partial charge in [0, 0.05) is 12.6 Å². The second-order valence-electron chi connectivity index (χ2n) is 4.06. The predicted octanol–water partition coefficient (Wildman–Crippen LogP) is -1.20. The molecule has 0 spiro atoms. The highest BCUT2D eigenvalue weighted by molar-refractivity contribution is 5.78. The standard InChI is InChI=1S/C10H20N2O3/c1-8-2-4-12(9(8)7-14)6-10(15)11-3-5-13/h8-9,13-14H,2-7H2,1H3,(H,11,15). The van der Waals surface area contributed by atoms with Crippen LogP contribution in [0.4, 0.5) is 0 Å². The van der Waals surface area contributed by atoms with Gasteiger partial charge in [-0.1, -0.05) is 6.92 Å². The first kappa shape index (κ1) is 12.4. The fraction of sp³-hybridized carbons (Fsp3) is 0.900. The lowest BCUT2D eigenvalue weighted by Crippen LogP contribution is -2.43. The van der Waals surface area contributed by atoms with Gasteiger partial charge in [-0.2, -0.15) is 0 Å². The Kier molecular flexibility index (Phi) is 5.01. The van der Waals surface area contributed by atoms with Crippen LogP contribution in [0.15, 0.2) is 0 Å². The van der Waals surface area contributed by atoms with Crippen LogP contribution < -0.4 is 5.32 Å². The van der Waals surface area contributed by atoms with Gasteiger partial charge in [0.2, 0.25) is 5.91 Å². The molecule has 1 fully saturated rings. The first-order valence-corrected chi connectivity index (χ1v) is 5.41. The molecule has 1 heterocycles. The lowest BCUT2D eigenvalue weighted by molar-refractivity contribution is -0.122. The Balaban J connectivity index is 2.34. The molecule has 88 valence electrons. The quantitative estimate of drug-likeness (QED) is 0.539. The minimum atomic E-state index is -0.0865. The van der Waals surface area contributed by atoms with Crippen molar-refractivity contribution in [2.75, 3.05) is 32.8 Å². The van der Waals surface area contributed by atoms with E-state index in [1.807, 2.05) is 4.90 Å². The number of carbonyl (C=O) groups is 1. The Morgan fingerprint density at radius 2 is 2.27 bits per heavy atom. The van der Waals surface area contributed by atoms with E-state index >= 15 is 0 Å². The number of aliphatic hydroxyl groups is 2. The van der Waals surface area contributed by atoms with Crippen LogP contribution >= 0.6 is 0 Å². The third-order valence-electron chi connectivity index (χ3n) is 2.97. The Hall–Kier alpha value is -0.650. The van der Waals surface area contributed by atoms with Gasteiger partial charge in [0.1, 0.15) is 0 Å². The number of amides is 1. The van der Waals surface area contributed by atoms with Crippen molar-refractivity contribution in [2.24, 2.45) is 5.92 Å². The molecule has 2 unspecified atom stereocenters. The number of nitrogens with zero attached hydrogens (tertiary/aromatic N) is 1. The van der Waals surface area contributed by atoms with E-state index < -0.39 is 0 Å². The van der Waals surface area contributed by atoms with Gasteiger partial charge in [-0.15, -0.1) is 0 Å². The number of nitrogens with one attached hydrogen (secondary N) is 1. The summed E-state index contributed by atoms with van der Waals surface area (Å²) >= 11 is 0. The Labute approximate surface area is 90.1 Å². The number of rotatable bonds is 5. The van der Waals surface area contributed by atoms with Crippen molar-refractivity contribution in [2.45, 2.75) is 19.4 Å². The summed E-state index contributed by atoms with van der Waals surface area (Å²) in [6.07, 6.45) is 1.03. The van der Waals surface area contributed by atoms with E-state index in [2.05, 4.69) is 12.2 Å². The van der Waals surface area contributed by atoms with Crippen LogP contribution in [0.5, 0.6) is 0 Å². The number of likely N-dealkylation sites (tertiary alicyclic amines) is 1. The molecule has 0 bridgehead atoms. The van der Waals surface area contributed by atoms with Crippen molar-refractivity contribution in [3.8, 4) is 0 Å². The van der Waals surface area contributed by atoms with Crippen LogP contribution in [-0.4, -0.2) is 59.9 Å². The number of hydrogen-bond donors (Lipinski definition) is 3. The molecular formula is C10H20N2O3. The van der Waals surface area contributed by atoms with E-state index in [0.29, 0.717) is 19.0 Å². The van der Waals surface area contributed by atoms with Gasteiger partial charge in [0.25, 0.3) is 0 Å². The van der Waals surface area contributed by atoms with Gasteiger partial charge in [-0.3, -0.25) is 9.69 Å². The summed E-state index contributed by atoms with van der Waals surface area (Å²) < 4.78 is 0. The largest absolute Gasteiger partial charge is 0.395 e. The molecule has 0 aromatic carbocycles. The highest BCUT2D eigenvalue weighted by Gasteiger charge is 2.31. The van der Waals surface area contributed by atoms with Crippen molar-refractivity contribution in [1.82, 2.24) is 10.2 Å². The summed E-state index contributed by atoms with van der Waals surface area (Å²) in [5.41, 5.74) is 0. The molecule has 1 aliphatic rings. The van der Waals surface area contributed by atoms with Crippen LogP contribution in [0.3, 0.4) is 0 Å². The molecule has 0 aromatic rings. The molecule has 2 atom stereocenters. The fourth-order valence-corrected chi connectivity index (χ4v) is 2.01. The van der Waals surface area contributed by atoms with Crippen molar-refractivity contribution in [3.05, 3.63) is 0 Å². The van der Waals surface area contributed by atoms with Crippen LogP contribution in [0.2, 0.25) is 0 Å². The third-order valence-corrected chi connectivity index (χ3v) is 2.97. The predicted molar refractivity (Wildman–Crippen MR) is 56.3 cm³/mol. The maximum atomic E-state index is 11.4. The lowest BCUT2D eigenvalue weighted by Gasteiger charge is -2.24. The van der Waals surface area contributed by atoms with Gasteiger partial charge in [-0.05, 0) is 18.9 Å². The summed E-state index contributed by atoms with van der Waals surface area (Å²) in [5.74, 6) is 0.359. The minimum absolute atomic E-state index is 0.0361. The van der Waals surface area contributed by atoms with Crippen molar-refractivity contribution in [3.63, 3.8) is 0 Å². The summed E-state index contributed by atoms with van der Waals surface area (Å²) in [6, 6.07) is 0.102. The fourth-order valence-electron chi connectivity index (χ4n) is 2.01. The van der Waals surface area contributed by atoms with Crippen LogP contribution in [0.1, 0.15) is 13.3 Å². The van der Waals surface area contributed by atoms with Gasteiger partial charge in [-0.25, -0.2) is 0 Å². The maximum Gasteiger partial charge on any atom is 0.234 e.